The minimum atomic E-state index is -0.874. The number of carbonyl (C=O) groups excluding carboxylic acids is 3. The number of nitrogens with one attached hydrogen (secondary N) is 1. The molecule has 0 spiro atoms. The maximum atomic E-state index is 12.1. The monoisotopic (exact) mass is 305 g/mol. The lowest BCUT2D eigenvalue weighted by Crippen LogP contribution is -2.40. The van der Waals surface area contributed by atoms with Crippen LogP contribution < -0.4 is 11.1 Å². The zero-order valence-corrected chi connectivity index (χ0v) is 13.3. The van der Waals surface area contributed by atoms with Crippen molar-refractivity contribution in [3.8, 4) is 0 Å². The van der Waals surface area contributed by atoms with Crippen LogP contribution in [0.15, 0.2) is 18.2 Å². The van der Waals surface area contributed by atoms with Gasteiger partial charge in [-0.25, -0.2) is 0 Å². The number of amides is 3. The Kier molecular flexibility index (Phi) is 6.72. The van der Waals surface area contributed by atoms with Crippen LogP contribution in [0.4, 0.5) is 5.69 Å². The van der Waals surface area contributed by atoms with Gasteiger partial charge < -0.3 is 11.1 Å². The normalized spacial score (nSPS) is 10.4. The van der Waals surface area contributed by atoms with Crippen LogP contribution in [-0.2, 0) is 14.4 Å². The first kappa shape index (κ1) is 17.8. The highest BCUT2D eigenvalue weighted by Gasteiger charge is 2.23. The summed E-state index contributed by atoms with van der Waals surface area (Å²) in [6, 6.07) is 5.67. The largest absolute Gasteiger partial charge is 0.330 e. The van der Waals surface area contributed by atoms with Crippen LogP contribution in [0.2, 0.25) is 0 Å². The molecule has 0 aliphatic carbocycles. The highest BCUT2D eigenvalue weighted by atomic mass is 16.2. The van der Waals surface area contributed by atoms with Crippen molar-refractivity contribution in [2.45, 2.75) is 33.1 Å². The predicted molar refractivity (Wildman–Crippen MR) is 85.3 cm³/mol. The number of nitrogens with two attached hydrogens (primary N) is 1. The second-order valence-corrected chi connectivity index (χ2v) is 5.39. The van der Waals surface area contributed by atoms with Gasteiger partial charge in [0.1, 0.15) is 0 Å². The summed E-state index contributed by atoms with van der Waals surface area (Å²) in [5.74, 6) is -1.49. The van der Waals surface area contributed by atoms with Gasteiger partial charge in [0.15, 0.2) is 0 Å². The van der Waals surface area contributed by atoms with Gasteiger partial charge >= 0.3 is 11.8 Å². The summed E-state index contributed by atoms with van der Waals surface area (Å²) >= 11 is 0. The predicted octanol–water partition coefficient (Wildman–Crippen LogP) is 1.39. The molecule has 6 nitrogen and oxygen atoms in total. The molecule has 0 aliphatic rings. The van der Waals surface area contributed by atoms with Gasteiger partial charge in [0.05, 0.1) is 0 Å². The molecule has 3 N–H and O–H groups in total. The lowest BCUT2D eigenvalue weighted by Gasteiger charge is -2.18. The Morgan fingerprint density at radius 1 is 1.36 bits per heavy atom. The fourth-order valence-corrected chi connectivity index (χ4v) is 2.10. The summed E-state index contributed by atoms with van der Waals surface area (Å²) in [7, 11) is 0. The number of carbonyl (C=O) groups is 3. The number of anilines is 1. The van der Waals surface area contributed by atoms with E-state index in [0.29, 0.717) is 25.1 Å². The van der Waals surface area contributed by atoms with Crippen molar-refractivity contribution < 1.29 is 14.4 Å². The maximum Gasteiger partial charge on any atom is 0.318 e. The molecule has 1 rings (SSSR count). The minimum Gasteiger partial charge on any atom is -0.330 e. The van der Waals surface area contributed by atoms with Crippen LogP contribution in [0.1, 0.15) is 37.3 Å². The number of nitrogens with zero attached hydrogens (tertiary/aromatic N) is 1. The van der Waals surface area contributed by atoms with Gasteiger partial charge in [0.2, 0.25) is 6.41 Å². The number of aryl methyl sites for hydroxylation is 1. The standard InChI is InChI=1S/C16H23N3O3/c1-11(2)13-7-4-6-12(3)14(13)18-15(21)16(22)19(10-20)9-5-8-17/h4,6-7,10-11H,5,8-9,17H2,1-3H3,(H,18,21). The van der Waals surface area contributed by atoms with Gasteiger partial charge in [-0.2, -0.15) is 0 Å². The summed E-state index contributed by atoms with van der Waals surface area (Å²) < 4.78 is 0. The van der Waals surface area contributed by atoms with Crippen molar-refractivity contribution in [2.24, 2.45) is 5.73 Å². The molecule has 6 heteroatoms. The molecule has 3 amide bonds. The summed E-state index contributed by atoms with van der Waals surface area (Å²) in [4.78, 5) is 35.9. The molecule has 1 aromatic rings. The van der Waals surface area contributed by atoms with Crippen molar-refractivity contribution in [1.29, 1.82) is 0 Å². The van der Waals surface area contributed by atoms with E-state index in [-0.39, 0.29) is 12.5 Å². The average Bonchev–Trinajstić information content (AvgIpc) is 2.49. The highest BCUT2D eigenvalue weighted by Crippen LogP contribution is 2.27. The Hall–Kier alpha value is -2.21. The molecule has 0 saturated heterocycles. The molecular formula is C16H23N3O3. The first-order valence-corrected chi connectivity index (χ1v) is 7.29. The van der Waals surface area contributed by atoms with E-state index < -0.39 is 11.8 Å². The van der Waals surface area contributed by atoms with E-state index in [0.717, 1.165) is 16.0 Å². The van der Waals surface area contributed by atoms with Crippen molar-refractivity contribution >= 4 is 23.9 Å². The van der Waals surface area contributed by atoms with Crippen molar-refractivity contribution in [3.63, 3.8) is 0 Å². The van der Waals surface area contributed by atoms with E-state index in [9.17, 15) is 14.4 Å². The molecule has 0 fully saturated rings. The van der Waals surface area contributed by atoms with Gasteiger partial charge in [-0.15, -0.1) is 0 Å². The molecule has 22 heavy (non-hydrogen) atoms. The minimum absolute atomic E-state index is 0.136. The highest BCUT2D eigenvalue weighted by molar-refractivity contribution is 6.41. The van der Waals surface area contributed by atoms with Crippen LogP contribution in [0.3, 0.4) is 0 Å². The summed E-state index contributed by atoms with van der Waals surface area (Å²) in [6.07, 6.45) is 0.818. The van der Waals surface area contributed by atoms with Gasteiger partial charge in [0.25, 0.3) is 0 Å². The van der Waals surface area contributed by atoms with Crippen LogP contribution in [0.25, 0.3) is 0 Å². The fraction of sp³-hybridized carbons (Fsp3) is 0.438. The van der Waals surface area contributed by atoms with E-state index >= 15 is 0 Å². The second kappa shape index (κ2) is 8.29. The first-order chi connectivity index (χ1) is 10.4. The lowest BCUT2D eigenvalue weighted by atomic mass is 9.98. The quantitative estimate of drug-likeness (QED) is 0.613. The van der Waals surface area contributed by atoms with Crippen LogP contribution in [0, 0.1) is 6.92 Å². The molecule has 0 radical (unpaired) electrons. The van der Waals surface area contributed by atoms with Crippen LogP contribution in [0.5, 0.6) is 0 Å². The second-order valence-electron chi connectivity index (χ2n) is 5.39. The van der Waals surface area contributed by atoms with Crippen molar-refractivity contribution in [1.82, 2.24) is 4.90 Å². The van der Waals surface area contributed by atoms with E-state index in [1.807, 2.05) is 39.0 Å². The average molecular weight is 305 g/mol. The van der Waals surface area contributed by atoms with Gasteiger partial charge in [-0.1, -0.05) is 32.0 Å². The first-order valence-electron chi connectivity index (χ1n) is 7.29. The SMILES string of the molecule is Cc1cccc(C(C)C)c1NC(=O)C(=O)N(C=O)CCCN. The molecule has 1 aromatic carbocycles. The fourth-order valence-electron chi connectivity index (χ4n) is 2.10. The van der Waals surface area contributed by atoms with E-state index in [4.69, 9.17) is 5.73 Å². The summed E-state index contributed by atoms with van der Waals surface area (Å²) in [5.41, 5.74) is 7.79. The molecule has 0 heterocycles. The van der Waals surface area contributed by atoms with E-state index in [1.165, 1.54) is 0 Å². The number of imide groups is 1. The van der Waals surface area contributed by atoms with Crippen molar-refractivity contribution in [3.05, 3.63) is 29.3 Å². The zero-order chi connectivity index (χ0) is 16.7. The Balaban J connectivity index is 2.93. The Morgan fingerprint density at radius 2 is 2.05 bits per heavy atom. The van der Waals surface area contributed by atoms with Gasteiger partial charge in [-0.05, 0) is 36.9 Å². The molecule has 0 unspecified atom stereocenters. The molecular weight excluding hydrogens is 282 g/mol. The van der Waals surface area contributed by atoms with Crippen molar-refractivity contribution in [2.75, 3.05) is 18.4 Å². The Labute approximate surface area is 130 Å². The van der Waals surface area contributed by atoms with Gasteiger partial charge in [0, 0.05) is 12.2 Å². The molecule has 0 bridgehead atoms. The van der Waals surface area contributed by atoms with Gasteiger partial charge in [-0.3, -0.25) is 19.3 Å². The Bertz CT molecular complexity index is 556. The summed E-state index contributed by atoms with van der Waals surface area (Å²) in [5, 5.41) is 2.63. The molecule has 0 atom stereocenters. The molecule has 120 valence electrons. The van der Waals surface area contributed by atoms with E-state index in [2.05, 4.69) is 5.32 Å². The van der Waals surface area contributed by atoms with Crippen LogP contribution >= 0.6 is 0 Å². The third kappa shape index (κ3) is 4.39. The summed E-state index contributed by atoms with van der Waals surface area (Å²) in [6.45, 7) is 6.35. The maximum absolute atomic E-state index is 12.1. The number of rotatable bonds is 6. The number of benzene rings is 1. The molecule has 0 saturated carbocycles. The smallest absolute Gasteiger partial charge is 0.318 e. The third-order valence-corrected chi connectivity index (χ3v) is 3.35. The number of hydrogen-bond donors (Lipinski definition) is 2. The number of hydrogen-bond acceptors (Lipinski definition) is 4. The lowest BCUT2D eigenvalue weighted by molar-refractivity contribution is -0.146. The molecule has 0 aliphatic heterocycles. The van der Waals surface area contributed by atoms with Crippen LogP contribution in [-0.4, -0.2) is 36.2 Å². The third-order valence-electron chi connectivity index (χ3n) is 3.35. The zero-order valence-electron chi connectivity index (χ0n) is 13.3. The topological polar surface area (TPSA) is 92.5 Å². The number of para-hydroxylation sites is 1. The Morgan fingerprint density at radius 3 is 2.59 bits per heavy atom. The van der Waals surface area contributed by atoms with E-state index in [1.54, 1.807) is 0 Å². The molecule has 0 aromatic heterocycles.